The predicted molar refractivity (Wildman–Crippen MR) is 84.5 cm³/mol. The third kappa shape index (κ3) is 3.28. The molecule has 2 aromatic carbocycles. The van der Waals surface area contributed by atoms with Crippen molar-refractivity contribution in [2.45, 2.75) is 18.7 Å². The van der Waals surface area contributed by atoms with Crippen molar-refractivity contribution in [1.29, 1.82) is 0 Å². The summed E-state index contributed by atoms with van der Waals surface area (Å²) in [7, 11) is -3.93. The fourth-order valence-electron chi connectivity index (χ4n) is 2.23. The summed E-state index contributed by atoms with van der Waals surface area (Å²) >= 11 is 0. The van der Waals surface area contributed by atoms with Crippen molar-refractivity contribution >= 4 is 21.7 Å². The van der Waals surface area contributed by atoms with Crippen LogP contribution in [0.1, 0.15) is 11.1 Å². The van der Waals surface area contributed by atoms with Crippen LogP contribution in [0.4, 0.5) is 5.69 Å². The van der Waals surface area contributed by atoms with Gasteiger partial charge in [0.1, 0.15) is 6.54 Å². The Morgan fingerprint density at radius 3 is 2.27 bits per heavy atom. The van der Waals surface area contributed by atoms with Crippen LogP contribution in [0.15, 0.2) is 53.4 Å². The second-order valence-corrected chi connectivity index (χ2v) is 6.87. The molecule has 6 heteroatoms. The number of hydrogen-bond acceptors (Lipinski definition) is 3. The van der Waals surface area contributed by atoms with E-state index in [4.69, 9.17) is 5.11 Å². The van der Waals surface area contributed by atoms with Gasteiger partial charge in [0, 0.05) is 0 Å². The van der Waals surface area contributed by atoms with Crippen LogP contribution in [0.2, 0.25) is 0 Å². The quantitative estimate of drug-likeness (QED) is 0.919. The number of rotatable bonds is 5. The highest BCUT2D eigenvalue weighted by Crippen LogP contribution is 2.27. The van der Waals surface area contributed by atoms with Gasteiger partial charge in [0.15, 0.2) is 0 Å². The zero-order valence-corrected chi connectivity index (χ0v) is 13.2. The molecule has 22 heavy (non-hydrogen) atoms. The van der Waals surface area contributed by atoms with E-state index in [-0.39, 0.29) is 4.90 Å². The maximum absolute atomic E-state index is 12.8. The Bertz CT molecular complexity index is 785. The number of carboxylic acids is 1. The van der Waals surface area contributed by atoms with Gasteiger partial charge in [-0.25, -0.2) is 8.42 Å². The molecule has 2 aromatic rings. The molecule has 0 aliphatic carbocycles. The summed E-state index contributed by atoms with van der Waals surface area (Å²) in [5.41, 5.74) is 2.06. The average Bonchev–Trinajstić information content (AvgIpc) is 2.46. The molecule has 0 saturated carbocycles. The van der Waals surface area contributed by atoms with Gasteiger partial charge >= 0.3 is 5.97 Å². The monoisotopic (exact) mass is 319 g/mol. The van der Waals surface area contributed by atoms with Crippen molar-refractivity contribution in [3.05, 3.63) is 59.7 Å². The number of aliphatic carboxylic acids is 1. The van der Waals surface area contributed by atoms with E-state index >= 15 is 0 Å². The number of nitrogens with zero attached hydrogens (tertiary/aromatic N) is 1. The highest BCUT2D eigenvalue weighted by atomic mass is 32.2. The van der Waals surface area contributed by atoms with E-state index in [1.54, 1.807) is 37.3 Å². The molecule has 0 aromatic heterocycles. The normalized spacial score (nSPS) is 11.2. The van der Waals surface area contributed by atoms with Gasteiger partial charge in [-0.05, 0) is 37.6 Å². The highest BCUT2D eigenvalue weighted by Gasteiger charge is 2.27. The van der Waals surface area contributed by atoms with Crippen LogP contribution in [-0.4, -0.2) is 26.0 Å². The first kappa shape index (κ1) is 16.0. The molecule has 0 bridgehead atoms. The first-order valence-electron chi connectivity index (χ1n) is 6.69. The molecule has 0 aliphatic heterocycles. The van der Waals surface area contributed by atoms with Gasteiger partial charge in [-0.2, -0.15) is 0 Å². The Hall–Kier alpha value is -2.34. The number of benzene rings is 2. The smallest absolute Gasteiger partial charge is 0.324 e. The Balaban J connectivity index is 2.58. The van der Waals surface area contributed by atoms with E-state index in [0.717, 1.165) is 9.87 Å². The van der Waals surface area contributed by atoms with Crippen molar-refractivity contribution in [3.8, 4) is 0 Å². The Morgan fingerprint density at radius 2 is 1.73 bits per heavy atom. The summed E-state index contributed by atoms with van der Waals surface area (Å²) in [5, 5.41) is 9.09. The number of sulfonamides is 1. The minimum Gasteiger partial charge on any atom is -0.480 e. The largest absolute Gasteiger partial charge is 0.480 e. The molecular weight excluding hydrogens is 302 g/mol. The molecule has 0 aliphatic rings. The van der Waals surface area contributed by atoms with E-state index in [1.807, 2.05) is 13.0 Å². The summed E-state index contributed by atoms with van der Waals surface area (Å²) in [5.74, 6) is -1.21. The Morgan fingerprint density at radius 1 is 1.09 bits per heavy atom. The molecular formula is C16H17NO4S. The molecule has 0 spiro atoms. The van der Waals surface area contributed by atoms with Crippen molar-refractivity contribution in [3.63, 3.8) is 0 Å². The maximum Gasteiger partial charge on any atom is 0.324 e. The minimum absolute atomic E-state index is 0.0659. The van der Waals surface area contributed by atoms with Crippen molar-refractivity contribution < 1.29 is 18.3 Å². The van der Waals surface area contributed by atoms with Gasteiger partial charge in [0.25, 0.3) is 10.0 Å². The molecule has 0 saturated heterocycles. The summed E-state index contributed by atoms with van der Waals surface area (Å²) in [6, 6.07) is 13.0. The number of carboxylic acid groups (broad SMARTS) is 1. The number of aryl methyl sites for hydroxylation is 2. The van der Waals surface area contributed by atoms with Crippen LogP contribution in [0.5, 0.6) is 0 Å². The topological polar surface area (TPSA) is 74.7 Å². The Labute approximate surface area is 129 Å². The maximum atomic E-state index is 12.8. The first-order chi connectivity index (χ1) is 10.3. The number of carbonyl (C=O) groups is 1. The molecule has 1 N–H and O–H groups in total. The zero-order chi connectivity index (χ0) is 16.3. The second-order valence-electron chi connectivity index (χ2n) is 5.01. The number of anilines is 1. The van der Waals surface area contributed by atoms with E-state index in [2.05, 4.69) is 0 Å². The lowest BCUT2D eigenvalue weighted by atomic mass is 10.1. The molecule has 0 fully saturated rings. The van der Waals surface area contributed by atoms with Gasteiger partial charge in [0.05, 0.1) is 10.6 Å². The lowest BCUT2D eigenvalue weighted by molar-refractivity contribution is -0.135. The van der Waals surface area contributed by atoms with Crippen LogP contribution in [0.3, 0.4) is 0 Å². The van der Waals surface area contributed by atoms with Gasteiger partial charge < -0.3 is 5.11 Å². The molecule has 0 unspecified atom stereocenters. The zero-order valence-electron chi connectivity index (χ0n) is 12.4. The second kappa shape index (κ2) is 6.19. The van der Waals surface area contributed by atoms with Crippen LogP contribution in [0, 0.1) is 13.8 Å². The lowest BCUT2D eigenvalue weighted by Crippen LogP contribution is -2.36. The SMILES string of the molecule is Cc1ccc(N(CC(=O)O)S(=O)(=O)c2ccccc2)c(C)c1. The summed E-state index contributed by atoms with van der Waals surface area (Å²) in [6.07, 6.45) is 0. The summed E-state index contributed by atoms with van der Waals surface area (Å²) < 4.78 is 26.5. The van der Waals surface area contributed by atoms with Crippen molar-refractivity contribution in [2.24, 2.45) is 0 Å². The molecule has 0 heterocycles. The molecule has 5 nitrogen and oxygen atoms in total. The fraction of sp³-hybridized carbons (Fsp3) is 0.188. The Kier molecular flexibility index (Phi) is 4.51. The standard InChI is InChI=1S/C16H17NO4S/c1-12-8-9-15(13(2)10-12)17(11-16(18)19)22(20,21)14-6-4-3-5-7-14/h3-10H,11H2,1-2H3,(H,18,19). The third-order valence-corrected chi connectivity index (χ3v) is 5.01. The summed E-state index contributed by atoms with van der Waals surface area (Å²) in [4.78, 5) is 11.2. The average molecular weight is 319 g/mol. The van der Waals surface area contributed by atoms with Crippen LogP contribution >= 0.6 is 0 Å². The van der Waals surface area contributed by atoms with Gasteiger partial charge in [-0.15, -0.1) is 0 Å². The fourth-order valence-corrected chi connectivity index (χ4v) is 3.73. The van der Waals surface area contributed by atoms with Gasteiger partial charge in [-0.1, -0.05) is 35.9 Å². The van der Waals surface area contributed by atoms with Crippen LogP contribution in [-0.2, 0) is 14.8 Å². The van der Waals surface area contributed by atoms with Gasteiger partial charge in [-0.3, -0.25) is 9.10 Å². The lowest BCUT2D eigenvalue weighted by Gasteiger charge is -2.24. The van der Waals surface area contributed by atoms with Crippen LogP contribution in [0.25, 0.3) is 0 Å². The molecule has 2 rings (SSSR count). The molecule has 0 atom stereocenters. The minimum atomic E-state index is -3.93. The van der Waals surface area contributed by atoms with E-state index in [1.165, 1.54) is 12.1 Å². The first-order valence-corrected chi connectivity index (χ1v) is 8.13. The van der Waals surface area contributed by atoms with Crippen LogP contribution < -0.4 is 4.31 Å². The molecule has 0 radical (unpaired) electrons. The summed E-state index contributed by atoms with van der Waals surface area (Å²) in [6.45, 7) is 3.03. The van der Waals surface area contributed by atoms with Crippen molar-refractivity contribution in [2.75, 3.05) is 10.8 Å². The van der Waals surface area contributed by atoms with Crippen molar-refractivity contribution in [1.82, 2.24) is 0 Å². The van der Waals surface area contributed by atoms with E-state index < -0.39 is 22.5 Å². The molecule has 0 amide bonds. The van der Waals surface area contributed by atoms with Gasteiger partial charge in [0.2, 0.25) is 0 Å². The third-order valence-electron chi connectivity index (χ3n) is 3.23. The highest BCUT2D eigenvalue weighted by molar-refractivity contribution is 7.92. The van der Waals surface area contributed by atoms with E-state index in [9.17, 15) is 13.2 Å². The van der Waals surface area contributed by atoms with E-state index in [0.29, 0.717) is 11.3 Å². The number of hydrogen-bond donors (Lipinski definition) is 1. The molecule has 116 valence electrons. The predicted octanol–water partition coefficient (Wildman–Crippen LogP) is 2.58.